The Morgan fingerprint density at radius 1 is 1.15 bits per heavy atom. The van der Waals surface area contributed by atoms with Gasteiger partial charge in [-0.25, -0.2) is 8.42 Å². The Morgan fingerprint density at radius 3 is 2.30 bits per heavy atom. The van der Waals surface area contributed by atoms with E-state index in [2.05, 4.69) is 0 Å². The fraction of sp³-hybridized carbons (Fsp3) is 0.278. The van der Waals surface area contributed by atoms with Gasteiger partial charge in [0.05, 0.1) is 18.3 Å². The van der Waals surface area contributed by atoms with Crippen LogP contribution in [0.15, 0.2) is 54.6 Å². The number of esters is 1. The molecule has 0 radical (unpaired) electrons. The van der Waals surface area contributed by atoms with Crippen LogP contribution >= 0.6 is 0 Å². The van der Waals surface area contributed by atoms with Gasteiger partial charge in [0.1, 0.15) is 6.04 Å². The topological polar surface area (TPSA) is 107 Å². The molecule has 0 saturated heterocycles. The Morgan fingerprint density at radius 2 is 1.74 bits per heavy atom. The van der Waals surface area contributed by atoms with Gasteiger partial charge in [-0.2, -0.15) is 4.31 Å². The third kappa shape index (κ3) is 5.35. The summed E-state index contributed by atoms with van der Waals surface area (Å²) >= 11 is 0. The summed E-state index contributed by atoms with van der Waals surface area (Å²) in [5.74, 6) is -0.733. The molecular formula is C18H20N2O6S. The predicted octanol–water partition coefficient (Wildman–Crippen LogP) is 2.14. The number of carbonyl (C=O) groups is 1. The minimum atomic E-state index is -3.87. The van der Waals surface area contributed by atoms with Gasteiger partial charge in [0, 0.05) is 18.2 Å². The van der Waals surface area contributed by atoms with Crippen LogP contribution in [0.3, 0.4) is 0 Å². The average molecular weight is 392 g/mol. The van der Waals surface area contributed by atoms with Crippen LogP contribution in [-0.4, -0.2) is 43.0 Å². The van der Waals surface area contributed by atoms with Crippen molar-refractivity contribution in [1.82, 2.24) is 4.31 Å². The molecule has 8 nitrogen and oxygen atoms in total. The van der Waals surface area contributed by atoms with Crippen LogP contribution in [0.1, 0.15) is 11.1 Å². The van der Waals surface area contributed by atoms with Crippen LogP contribution in [0.4, 0.5) is 5.69 Å². The molecule has 1 atom stereocenters. The van der Waals surface area contributed by atoms with Crippen molar-refractivity contribution >= 4 is 21.7 Å². The fourth-order valence-electron chi connectivity index (χ4n) is 2.73. The van der Waals surface area contributed by atoms with Gasteiger partial charge >= 0.3 is 5.97 Å². The molecule has 0 unspecified atom stereocenters. The van der Waals surface area contributed by atoms with E-state index in [9.17, 15) is 23.3 Å². The highest BCUT2D eigenvalue weighted by Gasteiger charge is 2.34. The first-order valence-corrected chi connectivity index (χ1v) is 9.89. The molecule has 0 N–H and O–H groups in total. The molecule has 2 rings (SSSR count). The maximum atomic E-state index is 12.4. The first kappa shape index (κ1) is 20.5. The number of rotatable bonds is 8. The van der Waals surface area contributed by atoms with Crippen LogP contribution in [0.2, 0.25) is 0 Å². The van der Waals surface area contributed by atoms with Gasteiger partial charge in [-0.05, 0) is 12.0 Å². The first-order valence-electron chi connectivity index (χ1n) is 8.05. The highest BCUT2D eigenvalue weighted by molar-refractivity contribution is 7.88. The number of para-hydroxylation sites is 1. The molecule has 2 aromatic rings. The van der Waals surface area contributed by atoms with Crippen LogP contribution in [0.25, 0.3) is 0 Å². The summed E-state index contributed by atoms with van der Waals surface area (Å²) in [6.45, 7) is -0.317. The predicted molar refractivity (Wildman–Crippen MR) is 99.4 cm³/mol. The molecule has 0 fully saturated rings. The van der Waals surface area contributed by atoms with Gasteiger partial charge in [0.25, 0.3) is 5.69 Å². The molecule has 2 aromatic carbocycles. The van der Waals surface area contributed by atoms with E-state index in [1.165, 1.54) is 25.3 Å². The zero-order chi connectivity index (χ0) is 20.0. The van der Waals surface area contributed by atoms with Crippen LogP contribution in [0.5, 0.6) is 0 Å². The molecule has 0 amide bonds. The quantitative estimate of drug-likeness (QED) is 0.387. The minimum absolute atomic E-state index is 0.0845. The molecule has 0 spiro atoms. The Balaban J connectivity index is 2.46. The van der Waals surface area contributed by atoms with Crippen molar-refractivity contribution in [2.75, 3.05) is 13.4 Å². The molecular weight excluding hydrogens is 372 g/mol. The summed E-state index contributed by atoms with van der Waals surface area (Å²) in [5.41, 5.74) is 0.716. The van der Waals surface area contributed by atoms with Gasteiger partial charge < -0.3 is 4.74 Å². The molecule has 0 aliphatic carbocycles. The Labute approximate surface area is 157 Å². The second-order valence-corrected chi connectivity index (χ2v) is 7.86. The van der Waals surface area contributed by atoms with E-state index in [-0.39, 0.29) is 24.2 Å². The molecule has 0 aliphatic heterocycles. The van der Waals surface area contributed by atoms with Gasteiger partial charge in [0.15, 0.2) is 0 Å². The Bertz CT molecular complexity index is 914. The molecule has 0 aliphatic rings. The van der Waals surface area contributed by atoms with Crippen molar-refractivity contribution in [3.63, 3.8) is 0 Å². The van der Waals surface area contributed by atoms with Gasteiger partial charge in [-0.15, -0.1) is 0 Å². The molecule has 0 aromatic heterocycles. The number of nitro groups is 1. The summed E-state index contributed by atoms with van der Waals surface area (Å²) in [7, 11) is -2.70. The van der Waals surface area contributed by atoms with E-state index in [4.69, 9.17) is 4.74 Å². The Kier molecular flexibility index (Phi) is 6.65. The third-order valence-corrected chi connectivity index (χ3v) is 5.27. The molecule has 0 saturated carbocycles. The molecule has 9 heteroatoms. The molecule has 0 bridgehead atoms. The number of hydrogen-bond donors (Lipinski definition) is 0. The number of ether oxygens (including phenoxy) is 1. The smallest absolute Gasteiger partial charge is 0.324 e. The lowest BCUT2D eigenvalue weighted by atomic mass is 10.1. The zero-order valence-electron chi connectivity index (χ0n) is 14.9. The summed E-state index contributed by atoms with van der Waals surface area (Å²) in [6.07, 6.45) is 1.05. The van der Waals surface area contributed by atoms with Gasteiger partial charge in [-0.3, -0.25) is 14.9 Å². The number of hydrogen-bond acceptors (Lipinski definition) is 6. The standard InChI is InChI=1S/C18H20N2O6S/c1-26-18(21)17(12-14-8-4-3-5-9-14)19(27(2,24)25)13-15-10-6-7-11-16(15)20(22)23/h3-11,17H,12-13H2,1-2H3/t17-/m0/s1. The summed E-state index contributed by atoms with van der Waals surface area (Å²) in [6, 6.07) is 13.6. The second kappa shape index (κ2) is 8.74. The Hall–Kier alpha value is -2.78. The lowest BCUT2D eigenvalue weighted by Gasteiger charge is -2.27. The normalized spacial score (nSPS) is 12.6. The molecule has 144 valence electrons. The first-order chi connectivity index (χ1) is 12.7. The van der Waals surface area contributed by atoms with Crippen LogP contribution < -0.4 is 0 Å². The van der Waals surface area contributed by atoms with E-state index in [1.807, 2.05) is 0 Å². The highest BCUT2D eigenvalue weighted by atomic mass is 32.2. The number of carbonyl (C=O) groups excluding carboxylic acids is 1. The second-order valence-electron chi connectivity index (χ2n) is 5.92. The monoisotopic (exact) mass is 392 g/mol. The molecule has 27 heavy (non-hydrogen) atoms. The maximum Gasteiger partial charge on any atom is 0.324 e. The van der Waals surface area contributed by atoms with Gasteiger partial charge in [0.2, 0.25) is 10.0 Å². The van der Waals surface area contributed by atoms with Crippen molar-refractivity contribution in [2.45, 2.75) is 19.0 Å². The van der Waals surface area contributed by atoms with Crippen LogP contribution in [0, 0.1) is 10.1 Å². The molecule has 0 heterocycles. The summed E-state index contributed by atoms with van der Waals surface area (Å²) in [4.78, 5) is 23.0. The highest BCUT2D eigenvalue weighted by Crippen LogP contribution is 2.23. The van der Waals surface area contributed by atoms with Crippen molar-refractivity contribution in [3.8, 4) is 0 Å². The number of sulfonamides is 1. The van der Waals surface area contributed by atoms with Crippen molar-refractivity contribution < 1.29 is 22.9 Å². The van der Waals surface area contributed by atoms with Crippen molar-refractivity contribution in [3.05, 3.63) is 75.8 Å². The summed E-state index contributed by atoms with van der Waals surface area (Å²) in [5, 5.41) is 11.2. The number of nitrogens with zero attached hydrogens (tertiary/aromatic N) is 2. The zero-order valence-corrected chi connectivity index (χ0v) is 15.8. The lowest BCUT2D eigenvalue weighted by Crippen LogP contribution is -2.46. The van der Waals surface area contributed by atoms with E-state index in [1.54, 1.807) is 36.4 Å². The maximum absolute atomic E-state index is 12.4. The number of benzene rings is 2. The van der Waals surface area contributed by atoms with Crippen LogP contribution in [-0.2, 0) is 32.5 Å². The average Bonchev–Trinajstić information content (AvgIpc) is 2.64. The van der Waals surface area contributed by atoms with E-state index < -0.39 is 27.0 Å². The fourth-order valence-corrected chi connectivity index (χ4v) is 3.72. The van der Waals surface area contributed by atoms with E-state index >= 15 is 0 Å². The van der Waals surface area contributed by atoms with E-state index in [0.29, 0.717) is 0 Å². The lowest BCUT2D eigenvalue weighted by molar-refractivity contribution is -0.385. The SMILES string of the molecule is COC(=O)[C@H](Cc1ccccc1)N(Cc1ccccc1[N+](=O)[O-])S(C)(=O)=O. The number of methoxy groups -OCH3 is 1. The number of nitro benzene ring substituents is 1. The van der Waals surface area contributed by atoms with Crippen molar-refractivity contribution in [1.29, 1.82) is 0 Å². The van der Waals surface area contributed by atoms with E-state index in [0.717, 1.165) is 16.1 Å². The minimum Gasteiger partial charge on any atom is -0.468 e. The largest absolute Gasteiger partial charge is 0.468 e. The third-order valence-electron chi connectivity index (χ3n) is 4.03. The van der Waals surface area contributed by atoms with Crippen molar-refractivity contribution in [2.24, 2.45) is 0 Å². The van der Waals surface area contributed by atoms with Gasteiger partial charge in [-0.1, -0.05) is 48.5 Å². The summed E-state index contributed by atoms with van der Waals surface area (Å²) < 4.78 is 30.6.